The maximum Gasteiger partial charge on any atom is 0.326 e. The van der Waals surface area contributed by atoms with Crippen LogP contribution in [-0.4, -0.2) is 256 Å². The zero-order valence-electron chi connectivity index (χ0n) is 68.8. The number of hydrogen-bond acceptors (Lipinski definition) is 24. The van der Waals surface area contributed by atoms with Crippen LogP contribution in [-0.2, 0) is 116 Å². The second kappa shape index (κ2) is 73.5. The molecule has 0 fully saturated rings. The van der Waals surface area contributed by atoms with Crippen molar-refractivity contribution in [3.63, 3.8) is 0 Å². The molecule has 1 aromatic rings. The molecule has 0 unspecified atom stereocenters. The Bertz CT molecular complexity index is 2920. The van der Waals surface area contributed by atoms with Crippen molar-refractivity contribution in [1.29, 1.82) is 0 Å². The number of unbranched alkanes of at least 4 members (excludes halogenated alkanes) is 16. The van der Waals surface area contributed by atoms with Crippen LogP contribution in [0.1, 0.15) is 257 Å². The molecule has 0 radical (unpaired) electrons. The largest absolute Gasteiger partial charge is 0.481 e. The second-order valence-electron chi connectivity index (χ2n) is 29.1. The Morgan fingerprint density at radius 3 is 1.22 bits per heavy atom. The molecule has 662 valence electrons. The van der Waals surface area contributed by atoms with Gasteiger partial charge in [-0.15, -0.1) is 0 Å². The number of aromatic nitrogens is 2. The molecule has 0 aliphatic carbocycles. The van der Waals surface area contributed by atoms with E-state index >= 15 is 0 Å². The lowest BCUT2D eigenvalue weighted by Gasteiger charge is -2.19. The molecule has 1 rings (SSSR count). The maximum atomic E-state index is 13.8. The minimum absolute atomic E-state index is 0.00384. The van der Waals surface area contributed by atoms with Crippen molar-refractivity contribution in [3.8, 4) is 0 Å². The number of carboxylic acids is 4. The van der Waals surface area contributed by atoms with Crippen molar-refractivity contribution in [1.82, 2.24) is 36.6 Å². The van der Waals surface area contributed by atoms with Gasteiger partial charge in [0.2, 0.25) is 29.5 Å². The van der Waals surface area contributed by atoms with Crippen LogP contribution in [0.3, 0.4) is 0 Å². The second-order valence-corrected chi connectivity index (χ2v) is 29.1. The van der Waals surface area contributed by atoms with Gasteiger partial charge in [0.05, 0.1) is 78.3 Å². The van der Waals surface area contributed by atoms with E-state index in [0.29, 0.717) is 110 Å². The number of imidazole rings is 1. The van der Waals surface area contributed by atoms with Crippen LogP contribution in [0, 0.1) is 17.8 Å². The van der Waals surface area contributed by atoms with Gasteiger partial charge in [-0.25, -0.2) is 9.78 Å². The molecule has 1 aromatic heterocycles. The van der Waals surface area contributed by atoms with Crippen molar-refractivity contribution >= 4 is 88.1 Å². The molecule has 0 spiro atoms. The molecule has 0 aromatic carbocycles. The van der Waals surface area contributed by atoms with Crippen LogP contribution in [0.15, 0.2) is 12.5 Å². The fraction of sp³-hybridized carbons (Fsp3) is 0.780. The number of rotatable bonds is 86. The van der Waals surface area contributed by atoms with Crippen molar-refractivity contribution in [2.24, 2.45) is 17.8 Å². The third kappa shape index (κ3) is 67.2. The molecule has 34 heteroatoms. The van der Waals surface area contributed by atoms with Gasteiger partial charge >= 0.3 is 23.9 Å². The molecule has 4 atom stereocenters. The van der Waals surface area contributed by atoms with Gasteiger partial charge in [0.25, 0.3) is 0 Å². The number of carbonyl (C=O) groups excluding carboxylic acids is 11. The van der Waals surface area contributed by atoms with Crippen LogP contribution in [0.4, 0.5) is 0 Å². The number of nitrogens with one attached hydrogen (secondary N) is 6. The summed E-state index contributed by atoms with van der Waals surface area (Å²) in [4.78, 5) is 190. The van der Waals surface area contributed by atoms with Gasteiger partial charge < -0.3 is 89.9 Å². The molecule has 0 bridgehead atoms. The summed E-state index contributed by atoms with van der Waals surface area (Å²) < 4.78 is 43.5. The number of aromatic amines is 1. The Morgan fingerprint density at radius 2 is 0.750 bits per heavy atom. The molecule has 0 saturated carbocycles. The van der Waals surface area contributed by atoms with Crippen molar-refractivity contribution in [2.75, 3.05) is 132 Å². The van der Waals surface area contributed by atoms with Crippen molar-refractivity contribution < 1.29 is 130 Å². The van der Waals surface area contributed by atoms with Crippen molar-refractivity contribution in [3.05, 3.63) is 18.2 Å². The number of aliphatic carboxylic acids is 4. The van der Waals surface area contributed by atoms with E-state index in [1.807, 2.05) is 0 Å². The van der Waals surface area contributed by atoms with Crippen LogP contribution in [0.5, 0.6) is 0 Å². The molecule has 5 amide bonds. The fourth-order valence-corrected chi connectivity index (χ4v) is 12.2. The van der Waals surface area contributed by atoms with Crippen LogP contribution in [0.2, 0.25) is 0 Å². The number of Topliss-reactive ketones (excluding diaryl/α,β-unsaturated/α-hetero) is 6. The van der Waals surface area contributed by atoms with Crippen LogP contribution < -0.4 is 26.6 Å². The molecule has 0 aliphatic rings. The number of ether oxygens (including phenoxy) is 8. The maximum absolute atomic E-state index is 13.8. The smallest absolute Gasteiger partial charge is 0.326 e. The summed E-state index contributed by atoms with van der Waals surface area (Å²) in [5.41, 5.74) is 0.791. The quantitative estimate of drug-likeness (QED) is 0.0282. The lowest BCUT2D eigenvalue weighted by Crippen LogP contribution is -2.41. The molecule has 34 nitrogen and oxygen atoms in total. The van der Waals surface area contributed by atoms with E-state index in [4.69, 9.17) is 48.1 Å². The predicted octanol–water partition coefficient (Wildman–Crippen LogP) is 7.48. The first kappa shape index (κ1) is 106. The van der Waals surface area contributed by atoms with E-state index in [1.54, 1.807) is 6.20 Å². The summed E-state index contributed by atoms with van der Waals surface area (Å²) >= 11 is 0. The highest BCUT2D eigenvalue weighted by molar-refractivity contribution is 5.91. The zero-order valence-corrected chi connectivity index (χ0v) is 68.8. The van der Waals surface area contributed by atoms with E-state index in [2.05, 4.69) is 36.6 Å². The molecular formula is C82H137N7O27. The van der Waals surface area contributed by atoms with Gasteiger partial charge in [-0.2, -0.15) is 0 Å². The predicted molar refractivity (Wildman–Crippen MR) is 425 cm³/mol. The van der Waals surface area contributed by atoms with Gasteiger partial charge in [-0.3, -0.25) is 67.1 Å². The number of aryl methyl sites for hydroxylation is 1. The standard InChI is InChI=1S/C82H137N7O27/c1-63(90)64(24-18-20-38-84-76(98)59-114-51-47-110-43-23-28-71(94)58-113-50-48-111-44-40-86-74(96)37-32-66(81(105)106)55-69(92)26-14-10-6-2-4-8-12-16-30-79(101)102)56-73(95)65(54-70(93)34-33-67-57-83-62-88-67)25-19-21-39-85-77(99)60-116-53-49-112-45-41-87-78(100)61-115-52-46-109-42-22-27-68(91)35-36-72(82(107)108)89-75(97)29-15-11-7-3-5-9-13-17-31-80(103)104/h57,62,64-66,72H,2-56,58-61H2,1H3,(H,83,88)(H,84,98)(H,85,99)(H,86,96)(H,87,100)(H,89,97)(H,101,102)(H,103,104)(H,105,106)(H,107,108)/t64-,65-,66-,72+/m1/s1. The van der Waals surface area contributed by atoms with Crippen LogP contribution in [0.25, 0.3) is 0 Å². The highest BCUT2D eigenvalue weighted by Crippen LogP contribution is 2.24. The summed E-state index contributed by atoms with van der Waals surface area (Å²) in [5, 5.41) is 50.0. The Labute approximate surface area is 683 Å². The average Bonchev–Trinajstić information content (AvgIpc) is 1.03. The number of carboxylic acid groups (broad SMARTS) is 4. The molecule has 0 aliphatic heterocycles. The number of nitrogens with zero attached hydrogens (tertiary/aromatic N) is 1. The molecule has 10 N–H and O–H groups in total. The van der Waals surface area contributed by atoms with Gasteiger partial charge in [-0.05, 0) is 90.4 Å². The first-order chi connectivity index (χ1) is 55.9. The van der Waals surface area contributed by atoms with Gasteiger partial charge in [0.15, 0.2) is 5.78 Å². The lowest BCUT2D eigenvalue weighted by atomic mass is 9.84. The monoisotopic (exact) mass is 1650 g/mol. The third-order valence-electron chi connectivity index (χ3n) is 18.9. The normalized spacial score (nSPS) is 12.2. The SMILES string of the molecule is CC(=O)[C@H](CCCCNC(=O)COCCOCCCC(=O)COCCOCCNC(=O)CC[C@H](CC(=O)CCCCCCCCCCC(=O)O)C(=O)O)CC(=O)[C@H](CCCCNC(=O)COCCOCCNC(=O)COCCOCCCC(=O)CC[C@H](NC(=O)CCCCCCCCCCC(=O)O)C(=O)O)CC(=O)CCc1cnc[nH]1. The topological polar surface area (TPSA) is 500 Å². The highest BCUT2D eigenvalue weighted by Gasteiger charge is 2.28. The molecular weight excluding hydrogens is 1510 g/mol. The Kier molecular flexibility index (Phi) is 67.3. The minimum atomic E-state index is -1.20. The molecule has 1 heterocycles. The summed E-state index contributed by atoms with van der Waals surface area (Å²) in [7, 11) is 0. The number of H-pyrrole nitrogens is 1. The van der Waals surface area contributed by atoms with E-state index in [1.165, 1.54) is 13.3 Å². The minimum Gasteiger partial charge on any atom is -0.481 e. The Morgan fingerprint density at radius 1 is 0.336 bits per heavy atom. The zero-order chi connectivity index (χ0) is 85.3. The number of hydrogen-bond donors (Lipinski definition) is 10. The van der Waals surface area contributed by atoms with Gasteiger partial charge in [-0.1, -0.05) is 89.9 Å². The van der Waals surface area contributed by atoms with E-state index in [9.17, 15) is 82.1 Å². The molecule has 0 saturated heterocycles. The average molecular weight is 1650 g/mol. The number of ketones is 6. The number of carbonyl (C=O) groups is 15. The van der Waals surface area contributed by atoms with E-state index in [-0.39, 0.29) is 260 Å². The Hall–Kier alpha value is -7.86. The highest BCUT2D eigenvalue weighted by atomic mass is 16.5. The number of amides is 5. The van der Waals surface area contributed by atoms with Crippen LogP contribution >= 0.6 is 0 Å². The summed E-state index contributed by atoms with van der Waals surface area (Å²) in [6, 6.07) is -1.16. The summed E-state index contributed by atoms with van der Waals surface area (Å²) in [6.07, 6.45) is 22.7. The Balaban J connectivity index is 2.18. The van der Waals surface area contributed by atoms with Gasteiger partial charge in [0.1, 0.15) is 61.4 Å². The summed E-state index contributed by atoms with van der Waals surface area (Å²) in [6.45, 7) is 3.99. The van der Waals surface area contributed by atoms with E-state index < -0.39 is 47.7 Å². The third-order valence-corrected chi connectivity index (χ3v) is 18.9. The van der Waals surface area contributed by atoms with Gasteiger partial charge in [0, 0.05) is 140 Å². The van der Waals surface area contributed by atoms with E-state index in [0.717, 1.165) is 82.7 Å². The van der Waals surface area contributed by atoms with Crippen molar-refractivity contribution in [2.45, 2.75) is 263 Å². The lowest BCUT2D eigenvalue weighted by molar-refractivity contribution is -0.144. The summed E-state index contributed by atoms with van der Waals surface area (Å²) in [5.74, 6) is -8.59. The fourth-order valence-electron chi connectivity index (χ4n) is 12.2. The first-order valence-corrected chi connectivity index (χ1v) is 41.9. The first-order valence-electron chi connectivity index (χ1n) is 41.9. The molecule has 116 heavy (non-hydrogen) atoms.